The second-order valence-electron chi connectivity index (χ2n) is 4.46. The second kappa shape index (κ2) is 5.82. The van der Waals surface area contributed by atoms with Crippen molar-refractivity contribution in [3.8, 4) is 0 Å². The van der Waals surface area contributed by atoms with Crippen LogP contribution >= 0.6 is 0 Å². The first-order valence-corrected chi connectivity index (χ1v) is 6.26. The summed E-state index contributed by atoms with van der Waals surface area (Å²) >= 11 is 0. The summed E-state index contributed by atoms with van der Waals surface area (Å²) in [5.41, 5.74) is 5.89. The van der Waals surface area contributed by atoms with Crippen LogP contribution in [0.3, 0.4) is 0 Å². The van der Waals surface area contributed by atoms with Crippen molar-refractivity contribution in [2.24, 2.45) is 5.73 Å². The highest BCUT2D eigenvalue weighted by atomic mass is 16.5. The number of nitrogens with zero attached hydrogens (tertiary/aromatic N) is 3. The zero-order valence-electron chi connectivity index (χ0n) is 10.1. The van der Waals surface area contributed by atoms with Gasteiger partial charge in [-0.15, -0.1) is 6.58 Å². The van der Waals surface area contributed by atoms with Crippen molar-refractivity contribution in [1.29, 1.82) is 0 Å². The molecule has 0 aromatic carbocycles. The van der Waals surface area contributed by atoms with Gasteiger partial charge in [0.1, 0.15) is 0 Å². The van der Waals surface area contributed by atoms with Crippen LogP contribution in [0.1, 0.15) is 44.0 Å². The van der Waals surface area contributed by atoms with Crippen LogP contribution in [-0.4, -0.2) is 23.2 Å². The number of anilines is 1. The molecule has 2 heterocycles. The third kappa shape index (κ3) is 3.06. The molecule has 17 heavy (non-hydrogen) atoms. The minimum absolute atomic E-state index is 0.235. The van der Waals surface area contributed by atoms with Crippen LogP contribution in [0, 0.1) is 0 Å². The van der Waals surface area contributed by atoms with E-state index >= 15 is 0 Å². The number of rotatable bonds is 4. The summed E-state index contributed by atoms with van der Waals surface area (Å²) in [6, 6.07) is -0.235. The summed E-state index contributed by atoms with van der Waals surface area (Å²) in [7, 11) is 0. The van der Waals surface area contributed by atoms with Crippen LogP contribution in [0.4, 0.5) is 5.95 Å². The van der Waals surface area contributed by atoms with Crippen LogP contribution in [0.15, 0.2) is 17.2 Å². The Morgan fingerprint density at radius 3 is 2.71 bits per heavy atom. The minimum Gasteiger partial charge on any atom is -0.338 e. The van der Waals surface area contributed by atoms with E-state index in [1.165, 1.54) is 25.7 Å². The van der Waals surface area contributed by atoms with Gasteiger partial charge in [-0.2, -0.15) is 4.98 Å². The maximum Gasteiger partial charge on any atom is 0.266 e. The van der Waals surface area contributed by atoms with Crippen LogP contribution in [0.5, 0.6) is 0 Å². The van der Waals surface area contributed by atoms with Crippen LogP contribution in [0.25, 0.3) is 0 Å². The summed E-state index contributed by atoms with van der Waals surface area (Å²) in [6.07, 6.45) is 7.39. The highest BCUT2D eigenvalue weighted by Crippen LogP contribution is 2.19. The summed E-state index contributed by atoms with van der Waals surface area (Å²) in [6.45, 7) is 5.67. The molecule has 1 aliphatic rings. The molecule has 5 nitrogen and oxygen atoms in total. The maximum absolute atomic E-state index is 5.89. The van der Waals surface area contributed by atoms with Gasteiger partial charge < -0.3 is 15.2 Å². The van der Waals surface area contributed by atoms with E-state index in [0.717, 1.165) is 13.1 Å². The molecule has 1 unspecified atom stereocenters. The molecule has 2 N–H and O–H groups in total. The summed E-state index contributed by atoms with van der Waals surface area (Å²) in [5, 5.41) is 4.01. The average Bonchev–Trinajstić information content (AvgIpc) is 2.66. The number of nitrogens with two attached hydrogens (primary N) is 1. The molecule has 1 aromatic heterocycles. The fourth-order valence-corrected chi connectivity index (χ4v) is 2.06. The van der Waals surface area contributed by atoms with Crippen molar-refractivity contribution >= 4 is 5.95 Å². The molecule has 2 rings (SSSR count). The summed E-state index contributed by atoms with van der Waals surface area (Å²) in [4.78, 5) is 6.55. The quantitative estimate of drug-likeness (QED) is 0.810. The largest absolute Gasteiger partial charge is 0.338 e. The third-order valence-corrected chi connectivity index (χ3v) is 3.06. The van der Waals surface area contributed by atoms with Crippen molar-refractivity contribution < 1.29 is 4.52 Å². The zero-order valence-corrected chi connectivity index (χ0v) is 10.1. The van der Waals surface area contributed by atoms with Crippen molar-refractivity contribution in [3.63, 3.8) is 0 Å². The van der Waals surface area contributed by atoms with E-state index < -0.39 is 0 Å². The van der Waals surface area contributed by atoms with Crippen LogP contribution < -0.4 is 10.6 Å². The Labute approximate surface area is 102 Å². The van der Waals surface area contributed by atoms with Gasteiger partial charge in [0, 0.05) is 13.1 Å². The van der Waals surface area contributed by atoms with Gasteiger partial charge in [-0.1, -0.05) is 18.9 Å². The molecule has 1 aromatic rings. The van der Waals surface area contributed by atoms with Crippen molar-refractivity contribution in [2.45, 2.75) is 38.1 Å². The molecule has 1 aliphatic heterocycles. The Morgan fingerprint density at radius 1 is 1.35 bits per heavy atom. The fourth-order valence-electron chi connectivity index (χ4n) is 2.06. The van der Waals surface area contributed by atoms with E-state index in [4.69, 9.17) is 10.3 Å². The van der Waals surface area contributed by atoms with E-state index in [-0.39, 0.29) is 6.04 Å². The summed E-state index contributed by atoms with van der Waals surface area (Å²) in [5.74, 6) is 1.19. The number of hydrogen-bond donors (Lipinski definition) is 1. The molecule has 1 atom stereocenters. The predicted molar refractivity (Wildman–Crippen MR) is 66.7 cm³/mol. The van der Waals surface area contributed by atoms with Gasteiger partial charge >= 0.3 is 0 Å². The molecule has 0 saturated carbocycles. The Balaban J connectivity index is 2.03. The Hall–Kier alpha value is -1.36. The summed E-state index contributed by atoms with van der Waals surface area (Å²) < 4.78 is 5.20. The molecular formula is C12H20N4O. The lowest BCUT2D eigenvalue weighted by Gasteiger charge is -2.16. The Kier molecular flexibility index (Phi) is 4.14. The second-order valence-corrected chi connectivity index (χ2v) is 4.46. The SMILES string of the molecule is C=CCC(N)c1nc(N2CCCCCC2)no1. The van der Waals surface area contributed by atoms with Gasteiger partial charge in [-0.25, -0.2) is 0 Å². The Morgan fingerprint density at radius 2 is 2.06 bits per heavy atom. The first-order valence-electron chi connectivity index (χ1n) is 6.26. The van der Waals surface area contributed by atoms with Gasteiger partial charge in [-0.3, -0.25) is 0 Å². The van der Waals surface area contributed by atoms with Crippen molar-refractivity contribution in [3.05, 3.63) is 18.5 Å². The molecular weight excluding hydrogens is 216 g/mol. The van der Waals surface area contributed by atoms with E-state index in [0.29, 0.717) is 18.3 Å². The maximum atomic E-state index is 5.89. The van der Waals surface area contributed by atoms with Gasteiger partial charge in [0.2, 0.25) is 5.89 Å². The first-order chi connectivity index (χ1) is 8.31. The minimum atomic E-state index is -0.235. The van der Waals surface area contributed by atoms with Gasteiger partial charge in [-0.05, 0) is 24.4 Å². The lowest BCUT2D eigenvalue weighted by atomic mass is 10.2. The van der Waals surface area contributed by atoms with Gasteiger partial charge in [0.25, 0.3) is 5.95 Å². The Bertz CT molecular complexity index is 355. The van der Waals surface area contributed by atoms with Gasteiger partial charge in [0.05, 0.1) is 6.04 Å². The standard InChI is InChI=1S/C12H20N4O/c1-2-7-10(13)11-14-12(15-17-11)16-8-5-3-4-6-9-16/h2,10H,1,3-9,13H2. The normalized spacial score (nSPS) is 18.8. The zero-order chi connectivity index (χ0) is 12.1. The smallest absolute Gasteiger partial charge is 0.266 e. The lowest BCUT2D eigenvalue weighted by molar-refractivity contribution is 0.354. The number of hydrogen-bond acceptors (Lipinski definition) is 5. The van der Waals surface area contributed by atoms with Crippen LogP contribution in [-0.2, 0) is 0 Å². The average molecular weight is 236 g/mol. The molecule has 5 heteroatoms. The van der Waals surface area contributed by atoms with Crippen LogP contribution in [0.2, 0.25) is 0 Å². The van der Waals surface area contributed by atoms with E-state index in [1.54, 1.807) is 6.08 Å². The van der Waals surface area contributed by atoms with E-state index in [9.17, 15) is 0 Å². The fraction of sp³-hybridized carbons (Fsp3) is 0.667. The van der Waals surface area contributed by atoms with Crippen molar-refractivity contribution in [1.82, 2.24) is 10.1 Å². The van der Waals surface area contributed by atoms with E-state index in [2.05, 4.69) is 21.6 Å². The lowest BCUT2D eigenvalue weighted by Crippen LogP contribution is -2.25. The molecule has 0 radical (unpaired) electrons. The molecule has 0 amide bonds. The molecule has 94 valence electrons. The third-order valence-electron chi connectivity index (χ3n) is 3.06. The molecule has 0 spiro atoms. The monoisotopic (exact) mass is 236 g/mol. The highest BCUT2D eigenvalue weighted by Gasteiger charge is 2.18. The molecule has 1 saturated heterocycles. The molecule has 0 bridgehead atoms. The topological polar surface area (TPSA) is 68.2 Å². The van der Waals surface area contributed by atoms with E-state index in [1.807, 2.05) is 0 Å². The number of aromatic nitrogens is 2. The highest BCUT2D eigenvalue weighted by molar-refractivity contribution is 5.28. The van der Waals surface area contributed by atoms with Gasteiger partial charge in [0.15, 0.2) is 0 Å². The van der Waals surface area contributed by atoms with Crippen molar-refractivity contribution in [2.75, 3.05) is 18.0 Å². The first kappa shape index (κ1) is 12.1. The molecule has 1 fully saturated rings. The molecule has 0 aliphatic carbocycles. The predicted octanol–water partition coefficient (Wildman–Crippen LogP) is 2.03.